The van der Waals surface area contributed by atoms with Crippen molar-refractivity contribution in [3.63, 3.8) is 0 Å². The van der Waals surface area contributed by atoms with E-state index in [0.717, 1.165) is 36.1 Å². The molecule has 2 aliphatic heterocycles. The highest BCUT2D eigenvalue weighted by Crippen LogP contribution is 2.54. The van der Waals surface area contributed by atoms with Gasteiger partial charge in [-0.15, -0.1) is 0 Å². The molecule has 0 saturated carbocycles. The summed E-state index contributed by atoms with van der Waals surface area (Å²) in [5.41, 5.74) is 15.4. The van der Waals surface area contributed by atoms with E-state index >= 15 is 0 Å². The van der Waals surface area contributed by atoms with Crippen LogP contribution in [0.1, 0.15) is 64.2 Å². The molecule has 12 rings (SSSR count). The Morgan fingerprint density at radius 3 is 2.33 bits per heavy atom. The Balaban J connectivity index is 1.20. The second-order valence-electron chi connectivity index (χ2n) is 18.3. The quantitative estimate of drug-likeness (QED) is 0.142. The van der Waals surface area contributed by atoms with Gasteiger partial charge in [0.15, 0.2) is 23.6 Å². The first-order chi connectivity index (χ1) is 27.5. The van der Waals surface area contributed by atoms with Crippen LogP contribution in [0.2, 0.25) is 0 Å². The third kappa shape index (κ3) is 4.18. The molecule has 4 heteroatoms. The molecule has 2 atom stereocenters. The van der Waals surface area contributed by atoms with Crippen LogP contribution in [-0.4, -0.2) is 4.40 Å². The number of hydrogen-bond donors (Lipinski definition) is 0. The van der Waals surface area contributed by atoms with E-state index in [-0.39, 0.29) is 16.4 Å². The molecule has 7 heterocycles. The van der Waals surface area contributed by atoms with Crippen molar-refractivity contribution < 1.29 is 13.6 Å². The maximum absolute atomic E-state index is 6.44. The minimum atomic E-state index is -0.342. The molecule has 2 aliphatic rings. The Hall–Kier alpha value is -6.26. The van der Waals surface area contributed by atoms with E-state index in [9.17, 15) is 0 Å². The van der Waals surface area contributed by atoms with Gasteiger partial charge in [-0.3, -0.25) is 0 Å². The van der Waals surface area contributed by atoms with Crippen LogP contribution in [0, 0.1) is 0 Å². The van der Waals surface area contributed by atoms with Crippen molar-refractivity contribution in [2.75, 3.05) is 0 Å². The number of aromatic nitrogens is 3. The molecule has 2 unspecified atom stereocenters. The van der Waals surface area contributed by atoms with E-state index in [4.69, 9.17) is 11.0 Å². The summed E-state index contributed by atoms with van der Waals surface area (Å²) in [6, 6.07) is 45.3. The second-order valence-corrected chi connectivity index (χ2v) is 18.3. The summed E-state index contributed by atoms with van der Waals surface area (Å²) in [6.07, 6.45) is 7.33. The molecular weight excluding hydrogens is 695 g/mol. The first-order valence-corrected chi connectivity index (χ1v) is 20.5. The van der Waals surface area contributed by atoms with E-state index in [1.165, 1.54) is 88.1 Å². The highest BCUT2D eigenvalue weighted by Gasteiger charge is 2.59. The first kappa shape index (κ1) is 32.9. The summed E-state index contributed by atoms with van der Waals surface area (Å²) in [5, 5.41) is 7.51. The van der Waals surface area contributed by atoms with E-state index in [1.54, 1.807) is 0 Å². The van der Waals surface area contributed by atoms with Gasteiger partial charge in [0, 0.05) is 69.1 Å². The zero-order valence-electron chi connectivity index (χ0n) is 33.3. The minimum absolute atomic E-state index is 0.00198. The number of aryl methyl sites for hydroxylation is 1. The second kappa shape index (κ2) is 11.0. The lowest BCUT2D eigenvalue weighted by Crippen LogP contribution is -2.68. The highest BCUT2D eigenvalue weighted by molar-refractivity contribution is 6.32. The van der Waals surface area contributed by atoms with E-state index in [1.807, 2.05) is 0 Å². The molecule has 0 bridgehead atoms. The smallest absolute Gasteiger partial charge is 0.218 e. The Morgan fingerprint density at radius 2 is 1.46 bits per heavy atom. The molecule has 4 nitrogen and oxygen atoms in total. The molecule has 0 radical (unpaired) electrons. The number of allylic oxidation sites excluding steroid dienone is 1. The van der Waals surface area contributed by atoms with Gasteiger partial charge in [0.05, 0.1) is 33.9 Å². The maximum atomic E-state index is 6.44. The molecule has 0 N–H and O–H groups in total. The van der Waals surface area contributed by atoms with Crippen molar-refractivity contribution in [1.29, 1.82) is 0 Å². The molecule has 10 aromatic rings. The number of benzene rings is 5. The highest BCUT2D eigenvalue weighted by atomic mass is 16.3. The van der Waals surface area contributed by atoms with Crippen molar-refractivity contribution in [2.24, 2.45) is 0 Å². The number of furan rings is 1. The van der Waals surface area contributed by atoms with Gasteiger partial charge < -0.3 is 8.82 Å². The van der Waals surface area contributed by atoms with Crippen molar-refractivity contribution in [2.45, 2.75) is 70.3 Å². The predicted octanol–water partition coefficient (Wildman–Crippen LogP) is 12.4. The Morgan fingerprint density at radius 1 is 0.667 bits per heavy atom. The van der Waals surface area contributed by atoms with Gasteiger partial charge in [-0.1, -0.05) is 75.4 Å². The fraction of sp³-hybridized carbons (Fsp3) is 0.208. The summed E-state index contributed by atoms with van der Waals surface area (Å²) < 4.78 is 14.0. The number of nitrogens with zero attached hydrogens (tertiary/aromatic N) is 3. The lowest BCUT2D eigenvalue weighted by atomic mass is 9.58. The molecule has 0 amide bonds. The first-order valence-electron chi connectivity index (χ1n) is 20.5. The average Bonchev–Trinajstić information content (AvgIpc) is 3.88. The van der Waals surface area contributed by atoms with Gasteiger partial charge in [-0.2, -0.15) is 9.13 Å². The van der Waals surface area contributed by atoms with E-state index in [2.05, 4.69) is 182 Å². The molecule has 276 valence electrons. The number of pyridine rings is 2. The fourth-order valence-electron chi connectivity index (χ4n) is 11.1. The summed E-state index contributed by atoms with van der Waals surface area (Å²) in [7, 11) is 0. The Labute approximate surface area is 332 Å². The zero-order valence-corrected chi connectivity index (χ0v) is 33.3. The van der Waals surface area contributed by atoms with Crippen LogP contribution >= 0.6 is 0 Å². The van der Waals surface area contributed by atoms with Crippen LogP contribution in [0.25, 0.3) is 88.2 Å². The zero-order chi connectivity index (χ0) is 38.6. The van der Waals surface area contributed by atoms with E-state index < -0.39 is 0 Å². The van der Waals surface area contributed by atoms with Gasteiger partial charge in [0.1, 0.15) is 11.2 Å². The number of fused-ring (bicyclic) bond motifs is 19. The topological polar surface area (TPSA) is 25.3 Å². The van der Waals surface area contributed by atoms with Crippen LogP contribution in [0.5, 0.6) is 0 Å². The minimum Gasteiger partial charge on any atom is -0.456 e. The van der Waals surface area contributed by atoms with Crippen molar-refractivity contribution in [1.82, 2.24) is 4.40 Å². The van der Waals surface area contributed by atoms with Crippen LogP contribution < -0.4 is 9.13 Å². The van der Waals surface area contributed by atoms with Gasteiger partial charge in [-0.25, -0.2) is 0 Å². The van der Waals surface area contributed by atoms with Crippen LogP contribution in [0.15, 0.2) is 145 Å². The SMILES string of the molecule is C=C1CC2(C)[n+]3ccc(C(C)(C)C)cc3-c3cc4c5cccc6c7c8c(ccc7n(c4cc3C2(C)CCc2ccccc2-c2cccc[n+]21)c56)oc1ccccc18. The molecule has 57 heavy (non-hydrogen) atoms. The summed E-state index contributed by atoms with van der Waals surface area (Å²) in [4.78, 5) is 0. The average molecular weight is 740 g/mol. The lowest BCUT2D eigenvalue weighted by Gasteiger charge is -2.47. The van der Waals surface area contributed by atoms with Crippen LogP contribution in [0.3, 0.4) is 0 Å². The fourth-order valence-corrected chi connectivity index (χ4v) is 11.1. The normalized spacial score (nSPS) is 19.6. The van der Waals surface area contributed by atoms with Gasteiger partial charge in [0.25, 0.3) is 0 Å². The van der Waals surface area contributed by atoms with E-state index in [0.29, 0.717) is 0 Å². The van der Waals surface area contributed by atoms with Gasteiger partial charge in [-0.05, 0) is 90.9 Å². The molecule has 0 spiro atoms. The monoisotopic (exact) mass is 739 g/mol. The number of hydrogen-bond acceptors (Lipinski definition) is 1. The van der Waals surface area contributed by atoms with Gasteiger partial charge in [0.2, 0.25) is 11.4 Å². The molecule has 0 aliphatic carbocycles. The molecule has 0 fully saturated rings. The molecule has 5 aromatic carbocycles. The summed E-state index contributed by atoms with van der Waals surface area (Å²) in [5.74, 6) is 0. The standard InChI is InChI=1S/C53H45N3O/c1-32-31-53(6)52(5,25-23-33-14-7-8-15-35(33)42-19-11-12-26-54(32)42)41-30-45-39(29-40(41)44-28-34(51(2,3)4)24-27-55(44)53)36-17-13-18-38-48-43(56(45)50(36)38)21-22-47-49(48)37-16-9-10-20-46(37)57-47/h7-22,24,26-30H,1,23,25,31H2,2-6H3/q+2. The Kier molecular flexibility index (Phi) is 6.34. The third-order valence-electron chi connectivity index (χ3n) is 14.3. The van der Waals surface area contributed by atoms with Crippen molar-refractivity contribution in [3.05, 3.63) is 157 Å². The predicted molar refractivity (Wildman–Crippen MR) is 234 cm³/mol. The largest absolute Gasteiger partial charge is 0.456 e. The van der Waals surface area contributed by atoms with Crippen molar-refractivity contribution >= 4 is 65.7 Å². The number of para-hydroxylation sites is 2. The summed E-state index contributed by atoms with van der Waals surface area (Å²) in [6.45, 7) is 16.9. The molecule has 0 saturated heterocycles. The lowest BCUT2D eigenvalue weighted by molar-refractivity contribution is -0.766. The third-order valence-corrected chi connectivity index (χ3v) is 14.3. The molecular formula is C53H45N3O+2. The van der Waals surface area contributed by atoms with Crippen molar-refractivity contribution in [3.8, 4) is 22.5 Å². The van der Waals surface area contributed by atoms with Gasteiger partial charge >= 0.3 is 0 Å². The Bertz CT molecular complexity index is 3370. The van der Waals surface area contributed by atoms with Crippen LogP contribution in [0.4, 0.5) is 0 Å². The van der Waals surface area contributed by atoms with Crippen LogP contribution in [-0.2, 0) is 22.8 Å². The molecule has 5 aromatic heterocycles. The maximum Gasteiger partial charge on any atom is 0.218 e. The summed E-state index contributed by atoms with van der Waals surface area (Å²) >= 11 is 0. The number of rotatable bonds is 0.